The maximum atomic E-state index is 11.8. The summed E-state index contributed by atoms with van der Waals surface area (Å²) in [5.74, 6) is 0.494. The SMILES string of the molecule is COC(=O)c1nnc(Oc2ccc(C)cc2)c2ccccc12. The summed E-state index contributed by atoms with van der Waals surface area (Å²) in [6.07, 6.45) is 0. The number of fused-ring (bicyclic) bond motifs is 1. The molecule has 0 spiro atoms. The van der Waals surface area contributed by atoms with Crippen LogP contribution >= 0.6 is 0 Å². The Morgan fingerprint density at radius 3 is 2.32 bits per heavy atom. The van der Waals surface area contributed by atoms with Crippen molar-refractivity contribution in [1.82, 2.24) is 10.2 Å². The number of nitrogens with zero attached hydrogens (tertiary/aromatic N) is 2. The first-order valence-electron chi connectivity index (χ1n) is 6.77. The van der Waals surface area contributed by atoms with Crippen LogP contribution in [0.4, 0.5) is 0 Å². The van der Waals surface area contributed by atoms with Crippen LogP contribution in [0.5, 0.6) is 11.6 Å². The first-order valence-corrected chi connectivity index (χ1v) is 6.77. The average molecular weight is 294 g/mol. The molecule has 3 aromatic rings. The van der Waals surface area contributed by atoms with E-state index in [-0.39, 0.29) is 5.69 Å². The lowest BCUT2D eigenvalue weighted by Crippen LogP contribution is -2.07. The van der Waals surface area contributed by atoms with E-state index in [4.69, 9.17) is 9.47 Å². The summed E-state index contributed by atoms with van der Waals surface area (Å²) in [6.45, 7) is 2.00. The molecule has 0 atom stereocenters. The molecule has 0 saturated heterocycles. The van der Waals surface area contributed by atoms with E-state index in [1.165, 1.54) is 7.11 Å². The van der Waals surface area contributed by atoms with Gasteiger partial charge >= 0.3 is 5.97 Å². The zero-order valence-corrected chi connectivity index (χ0v) is 12.2. The van der Waals surface area contributed by atoms with Crippen molar-refractivity contribution in [2.75, 3.05) is 7.11 Å². The normalized spacial score (nSPS) is 10.5. The van der Waals surface area contributed by atoms with Crippen LogP contribution in [0.3, 0.4) is 0 Å². The third-order valence-electron chi connectivity index (χ3n) is 3.27. The van der Waals surface area contributed by atoms with E-state index in [0.29, 0.717) is 22.4 Å². The van der Waals surface area contributed by atoms with Crippen molar-refractivity contribution in [3.8, 4) is 11.6 Å². The summed E-state index contributed by atoms with van der Waals surface area (Å²) in [6, 6.07) is 14.9. The summed E-state index contributed by atoms with van der Waals surface area (Å²) >= 11 is 0. The zero-order chi connectivity index (χ0) is 15.5. The maximum Gasteiger partial charge on any atom is 0.359 e. The molecule has 0 fully saturated rings. The van der Waals surface area contributed by atoms with E-state index < -0.39 is 5.97 Å². The van der Waals surface area contributed by atoms with E-state index in [1.807, 2.05) is 49.4 Å². The van der Waals surface area contributed by atoms with Crippen LogP contribution < -0.4 is 4.74 Å². The molecule has 0 aliphatic heterocycles. The van der Waals surface area contributed by atoms with Gasteiger partial charge < -0.3 is 9.47 Å². The lowest BCUT2D eigenvalue weighted by Gasteiger charge is -2.09. The van der Waals surface area contributed by atoms with Crippen molar-refractivity contribution < 1.29 is 14.3 Å². The number of hydrogen-bond acceptors (Lipinski definition) is 5. The number of carbonyl (C=O) groups excluding carboxylic acids is 1. The Morgan fingerprint density at radius 2 is 1.64 bits per heavy atom. The van der Waals surface area contributed by atoms with Crippen LogP contribution in [0.15, 0.2) is 48.5 Å². The second kappa shape index (κ2) is 5.81. The van der Waals surface area contributed by atoms with Crippen LogP contribution in [0.2, 0.25) is 0 Å². The molecular formula is C17H14N2O3. The highest BCUT2D eigenvalue weighted by atomic mass is 16.5. The maximum absolute atomic E-state index is 11.8. The Balaban J connectivity index is 2.07. The summed E-state index contributed by atoms with van der Waals surface area (Å²) in [4.78, 5) is 11.8. The van der Waals surface area contributed by atoms with Crippen molar-refractivity contribution in [3.05, 3.63) is 59.8 Å². The highest BCUT2D eigenvalue weighted by molar-refractivity contribution is 6.03. The quantitative estimate of drug-likeness (QED) is 0.692. The molecule has 0 radical (unpaired) electrons. The molecule has 5 nitrogen and oxygen atoms in total. The topological polar surface area (TPSA) is 61.3 Å². The van der Waals surface area contributed by atoms with Crippen molar-refractivity contribution >= 4 is 16.7 Å². The smallest absolute Gasteiger partial charge is 0.359 e. The zero-order valence-electron chi connectivity index (χ0n) is 12.2. The predicted octanol–water partition coefficient (Wildman–Crippen LogP) is 3.52. The number of hydrogen-bond donors (Lipinski definition) is 0. The van der Waals surface area contributed by atoms with E-state index >= 15 is 0 Å². The van der Waals surface area contributed by atoms with Gasteiger partial charge in [0.2, 0.25) is 5.88 Å². The summed E-state index contributed by atoms with van der Waals surface area (Å²) in [5, 5.41) is 9.31. The van der Waals surface area contributed by atoms with Gasteiger partial charge in [0.15, 0.2) is 5.69 Å². The fraction of sp³-hybridized carbons (Fsp3) is 0.118. The Hall–Kier alpha value is -2.95. The van der Waals surface area contributed by atoms with Gasteiger partial charge in [0.25, 0.3) is 0 Å². The minimum absolute atomic E-state index is 0.175. The third kappa shape index (κ3) is 2.61. The van der Waals surface area contributed by atoms with Gasteiger partial charge in [0.1, 0.15) is 5.75 Å². The molecule has 2 aromatic carbocycles. The van der Waals surface area contributed by atoms with Gasteiger partial charge in [-0.2, -0.15) is 0 Å². The average Bonchev–Trinajstić information content (AvgIpc) is 2.56. The van der Waals surface area contributed by atoms with Crippen LogP contribution in [0.1, 0.15) is 16.1 Å². The van der Waals surface area contributed by atoms with E-state index in [1.54, 1.807) is 6.07 Å². The number of ether oxygens (including phenoxy) is 2. The van der Waals surface area contributed by atoms with Gasteiger partial charge in [-0.25, -0.2) is 4.79 Å². The summed E-state index contributed by atoms with van der Waals surface area (Å²) in [7, 11) is 1.31. The fourth-order valence-electron chi connectivity index (χ4n) is 2.12. The van der Waals surface area contributed by atoms with E-state index in [9.17, 15) is 4.79 Å². The number of aryl methyl sites for hydroxylation is 1. The van der Waals surface area contributed by atoms with Crippen LogP contribution in [0.25, 0.3) is 10.8 Å². The molecule has 22 heavy (non-hydrogen) atoms. The first-order chi connectivity index (χ1) is 10.7. The Bertz CT molecular complexity index is 829. The van der Waals surface area contributed by atoms with Crippen molar-refractivity contribution in [2.45, 2.75) is 6.92 Å². The first kappa shape index (κ1) is 14.0. The molecule has 1 aromatic heterocycles. The second-order valence-electron chi connectivity index (χ2n) is 4.81. The largest absolute Gasteiger partial charge is 0.464 e. The summed E-state index contributed by atoms with van der Waals surface area (Å²) in [5.41, 5.74) is 1.32. The van der Waals surface area contributed by atoms with Gasteiger partial charge in [0.05, 0.1) is 7.11 Å². The van der Waals surface area contributed by atoms with Crippen LogP contribution in [-0.2, 0) is 4.74 Å². The second-order valence-corrected chi connectivity index (χ2v) is 4.81. The minimum atomic E-state index is -0.523. The predicted molar refractivity (Wildman–Crippen MR) is 82.1 cm³/mol. The molecule has 3 rings (SSSR count). The summed E-state index contributed by atoms with van der Waals surface area (Å²) < 4.78 is 10.5. The molecular weight excluding hydrogens is 280 g/mol. The molecule has 0 saturated carbocycles. The lowest BCUT2D eigenvalue weighted by atomic mass is 10.1. The molecule has 0 unspecified atom stereocenters. The van der Waals surface area contributed by atoms with Crippen molar-refractivity contribution in [3.63, 3.8) is 0 Å². The Labute approximate surface area is 127 Å². The third-order valence-corrected chi connectivity index (χ3v) is 3.27. The van der Waals surface area contributed by atoms with E-state index in [0.717, 1.165) is 5.56 Å². The van der Waals surface area contributed by atoms with Gasteiger partial charge in [-0.1, -0.05) is 35.9 Å². The number of carbonyl (C=O) groups is 1. The van der Waals surface area contributed by atoms with Gasteiger partial charge in [-0.15, -0.1) is 10.2 Å². The fourth-order valence-corrected chi connectivity index (χ4v) is 2.12. The molecule has 0 N–H and O–H groups in total. The number of esters is 1. The molecule has 0 bridgehead atoms. The molecule has 0 aliphatic rings. The number of methoxy groups -OCH3 is 1. The highest BCUT2D eigenvalue weighted by Gasteiger charge is 2.16. The van der Waals surface area contributed by atoms with Gasteiger partial charge in [0, 0.05) is 10.8 Å². The van der Waals surface area contributed by atoms with Gasteiger partial charge in [-0.05, 0) is 25.1 Å². The monoisotopic (exact) mass is 294 g/mol. The molecule has 0 amide bonds. The van der Waals surface area contributed by atoms with E-state index in [2.05, 4.69) is 10.2 Å². The molecule has 110 valence electrons. The van der Waals surface area contributed by atoms with Crippen LogP contribution in [-0.4, -0.2) is 23.3 Å². The van der Waals surface area contributed by atoms with Gasteiger partial charge in [-0.3, -0.25) is 0 Å². The Kier molecular flexibility index (Phi) is 3.70. The Morgan fingerprint density at radius 1 is 0.955 bits per heavy atom. The highest BCUT2D eigenvalue weighted by Crippen LogP contribution is 2.28. The molecule has 5 heteroatoms. The lowest BCUT2D eigenvalue weighted by molar-refractivity contribution is 0.0595. The minimum Gasteiger partial charge on any atom is -0.464 e. The van der Waals surface area contributed by atoms with Crippen molar-refractivity contribution in [1.29, 1.82) is 0 Å². The van der Waals surface area contributed by atoms with Crippen LogP contribution in [0, 0.1) is 6.92 Å². The van der Waals surface area contributed by atoms with Crippen molar-refractivity contribution in [2.24, 2.45) is 0 Å². The number of benzene rings is 2. The molecule has 0 aliphatic carbocycles. The number of aromatic nitrogens is 2. The standard InChI is InChI=1S/C17H14N2O3/c1-11-7-9-12(10-8-11)22-16-14-6-4-3-5-13(14)15(18-19-16)17(20)21-2/h3-10H,1-2H3. The number of rotatable bonds is 3. The molecule has 1 heterocycles.